The number of hydrogen-bond acceptors (Lipinski definition) is 1. The molecule has 3 heteroatoms. The summed E-state index contributed by atoms with van der Waals surface area (Å²) in [7, 11) is 0. The Morgan fingerprint density at radius 2 is 1.67 bits per heavy atom. The van der Waals surface area contributed by atoms with Crippen LogP contribution in [0.1, 0.15) is 48.2 Å². The van der Waals surface area contributed by atoms with E-state index in [1.165, 1.54) is 0 Å². The molecule has 0 saturated heterocycles. The number of rotatable bonds is 5. The fourth-order valence-electron chi connectivity index (χ4n) is 2.07. The van der Waals surface area contributed by atoms with Crippen LogP contribution >= 0.6 is 11.6 Å². The van der Waals surface area contributed by atoms with Crippen LogP contribution in [0.15, 0.2) is 18.2 Å². The second-order valence-corrected chi connectivity index (χ2v) is 5.22. The van der Waals surface area contributed by atoms with Gasteiger partial charge < -0.3 is 5.32 Å². The standard InChI is InChI=1S/C15H22ClNO/c1-5-15(6-2,10-16)17-14(18)13-8-11(3)7-12(4)9-13/h7-9H,5-6,10H2,1-4H3,(H,17,18). The summed E-state index contributed by atoms with van der Waals surface area (Å²) in [6.45, 7) is 8.09. The van der Waals surface area contributed by atoms with Gasteiger partial charge in [0.15, 0.2) is 0 Å². The van der Waals surface area contributed by atoms with Gasteiger partial charge >= 0.3 is 0 Å². The number of alkyl halides is 1. The third-order valence-corrected chi connectivity index (χ3v) is 3.98. The van der Waals surface area contributed by atoms with Gasteiger partial charge in [-0.05, 0) is 38.8 Å². The highest BCUT2D eigenvalue weighted by Crippen LogP contribution is 2.18. The van der Waals surface area contributed by atoms with Gasteiger partial charge in [0.2, 0.25) is 0 Å². The van der Waals surface area contributed by atoms with E-state index >= 15 is 0 Å². The fourth-order valence-corrected chi connectivity index (χ4v) is 2.51. The maximum atomic E-state index is 12.3. The largest absolute Gasteiger partial charge is 0.345 e. The molecular weight excluding hydrogens is 246 g/mol. The Kier molecular flexibility index (Phi) is 5.21. The molecule has 0 atom stereocenters. The zero-order valence-electron chi connectivity index (χ0n) is 11.6. The lowest BCUT2D eigenvalue weighted by molar-refractivity contribution is 0.0902. The fraction of sp³-hybridized carbons (Fsp3) is 0.533. The van der Waals surface area contributed by atoms with E-state index < -0.39 is 0 Å². The lowest BCUT2D eigenvalue weighted by Gasteiger charge is -2.30. The summed E-state index contributed by atoms with van der Waals surface area (Å²) in [6, 6.07) is 5.88. The van der Waals surface area contributed by atoms with Gasteiger partial charge in [-0.25, -0.2) is 0 Å². The van der Waals surface area contributed by atoms with Crippen LogP contribution in [0.5, 0.6) is 0 Å². The number of benzene rings is 1. The molecule has 100 valence electrons. The van der Waals surface area contributed by atoms with Gasteiger partial charge in [-0.1, -0.05) is 31.0 Å². The van der Waals surface area contributed by atoms with Crippen LogP contribution in [-0.2, 0) is 0 Å². The second kappa shape index (κ2) is 6.24. The van der Waals surface area contributed by atoms with Crippen molar-refractivity contribution in [2.75, 3.05) is 5.88 Å². The van der Waals surface area contributed by atoms with E-state index in [1.54, 1.807) is 0 Å². The molecule has 0 aromatic heterocycles. The molecule has 0 radical (unpaired) electrons. The monoisotopic (exact) mass is 267 g/mol. The zero-order valence-corrected chi connectivity index (χ0v) is 12.4. The van der Waals surface area contributed by atoms with E-state index in [0.29, 0.717) is 11.4 Å². The van der Waals surface area contributed by atoms with E-state index in [-0.39, 0.29) is 11.4 Å². The molecule has 0 aliphatic rings. The van der Waals surface area contributed by atoms with Crippen molar-refractivity contribution in [2.24, 2.45) is 0 Å². The first-order valence-corrected chi connectivity index (χ1v) is 6.96. The third-order valence-electron chi connectivity index (χ3n) is 3.47. The minimum absolute atomic E-state index is 0.0360. The van der Waals surface area contributed by atoms with Crippen molar-refractivity contribution in [2.45, 2.75) is 46.1 Å². The van der Waals surface area contributed by atoms with Crippen molar-refractivity contribution in [1.29, 1.82) is 0 Å². The van der Waals surface area contributed by atoms with Crippen LogP contribution < -0.4 is 5.32 Å². The quantitative estimate of drug-likeness (QED) is 0.807. The molecule has 0 spiro atoms. The molecule has 1 N–H and O–H groups in total. The zero-order chi connectivity index (χ0) is 13.8. The van der Waals surface area contributed by atoms with E-state index in [2.05, 4.69) is 11.4 Å². The number of carbonyl (C=O) groups excluding carboxylic acids is 1. The Balaban J connectivity index is 2.94. The average molecular weight is 268 g/mol. The number of hydrogen-bond donors (Lipinski definition) is 1. The molecule has 0 unspecified atom stereocenters. The van der Waals surface area contributed by atoms with E-state index in [4.69, 9.17) is 11.6 Å². The minimum atomic E-state index is -0.295. The molecule has 1 aromatic carbocycles. The SMILES string of the molecule is CCC(CC)(CCl)NC(=O)c1cc(C)cc(C)c1. The predicted octanol–water partition coefficient (Wildman–Crippen LogP) is 3.83. The topological polar surface area (TPSA) is 29.1 Å². The van der Waals surface area contributed by atoms with Crippen molar-refractivity contribution in [3.05, 3.63) is 34.9 Å². The maximum Gasteiger partial charge on any atom is 0.251 e. The summed E-state index contributed by atoms with van der Waals surface area (Å²) in [4.78, 5) is 12.3. The first-order valence-electron chi connectivity index (χ1n) is 6.43. The van der Waals surface area contributed by atoms with Gasteiger partial charge in [0, 0.05) is 11.4 Å². The highest BCUT2D eigenvalue weighted by atomic mass is 35.5. The minimum Gasteiger partial charge on any atom is -0.345 e. The Bertz CT molecular complexity index is 396. The van der Waals surface area contributed by atoms with Gasteiger partial charge in [0.1, 0.15) is 0 Å². The number of aryl methyl sites for hydroxylation is 2. The van der Waals surface area contributed by atoms with E-state index in [1.807, 2.05) is 39.8 Å². The Hall–Kier alpha value is -1.02. The van der Waals surface area contributed by atoms with Gasteiger partial charge in [0.25, 0.3) is 5.91 Å². The van der Waals surface area contributed by atoms with E-state index in [0.717, 1.165) is 24.0 Å². The number of amides is 1. The highest BCUT2D eigenvalue weighted by molar-refractivity contribution is 6.19. The lowest BCUT2D eigenvalue weighted by Crippen LogP contribution is -2.49. The molecule has 0 saturated carbocycles. The summed E-state index contributed by atoms with van der Waals surface area (Å²) in [5.74, 6) is 0.405. The molecular formula is C15H22ClNO. The van der Waals surface area contributed by atoms with Crippen molar-refractivity contribution >= 4 is 17.5 Å². The maximum absolute atomic E-state index is 12.3. The Morgan fingerprint density at radius 3 is 2.06 bits per heavy atom. The van der Waals surface area contributed by atoms with Crippen molar-refractivity contribution < 1.29 is 4.79 Å². The molecule has 1 amide bonds. The molecule has 0 aliphatic carbocycles. The normalized spacial score (nSPS) is 11.4. The summed E-state index contributed by atoms with van der Waals surface area (Å²) >= 11 is 6.00. The van der Waals surface area contributed by atoms with Crippen LogP contribution in [0.25, 0.3) is 0 Å². The predicted molar refractivity (Wildman–Crippen MR) is 77.4 cm³/mol. The molecule has 0 fully saturated rings. The molecule has 0 aliphatic heterocycles. The van der Waals surface area contributed by atoms with Crippen molar-refractivity contribution in [1.82, 2.24) is 5.32 Å². The summed E-state index contributed by atoms with van der Waals surface area (Å²) in [5.41, 5.74) is 2.62. The second-order valence-electron chi connectivity index (χ2n) is 4.95. The van der Waals surface area contributed by atoms with Crippen molar-refractivity contribution in [3.63, 3.8) is 0 Å². The van der Waals surface area contributed by atoms with Gasteiger partial charge in [-0.15, -0.1) is 11.6 Å². The van der Waals surface area contributed by atoms with Crippen LogP contribution in [0, 0.1) is 13.8 Å². The molecule has 1 aromatic rings. The molecule has 2 nitrogen and oxygen atoms in total. The molecule has 0 bridgehead atoms. The van der Waals surface area contributed by atoms with Crippen LogP contribution in [0.2, 0.25) is 0 Å². The number of carbonyl (C=O) groups is 1. The molecule has 1 rings (SSSR count). The van der Waals surface area contributed by atoms with Crippen LogP contribution in [0.3, 0.4) is 0 Å². The molecule has 18 heavy (non-hydrogen) atoms. The first-order chi connectivity index (χ1) is 8.46. The first kappa shape index (κ1) is 15.0. The summed E-state index contributed by atoms with van der Waals surface area (Å²) in [6.07, 6.45) is 1.67. The Morgan fingerprint density at radius 1 is 1.17 bits per heavy atom. The molecule has 0 heterocycles. The third kappa shape index (κ3) is 3.49. The van der Waals surface area contributed by atoms with Gasteiger partial charge in [-0.3, -0.25) is 4.79 Å². The van der Waals surface area contributed by atoms with Gasteiger partial charge in [-0.2, -0.15) is 0 Å². The van der Waals surface area contributed by atoms with Crippen LogP contribution in [0.4, 0.5) is 0 Å². The summed E-state index contributed by atoms with van der Waals surface area (Å²) in [5, 5.41) is 3.08. The number of nitrogens with one attached hydrogen (secondary N) is 1. The van der Waals surface area contributed by atoms with Crippen LogP contribution in [-0.4, -0.2) is 17.3 Å². The van der Waals surface area contributed by atoms with Gasteiger partial charge in [0.05, 0.1) is 5.54 Å². The van der Waals surface area contributed by atoms with E-state index in [9.17, 15) is 4.79 Å². The highest BCUT2D eigenvalue weighted by Gasteiger charge is 2.27. The average Bonchev–Trinajstić information content (AvgIpc) is 2.35. The lowest BCUT2D eigenvalue weighted by atomic mass is 9.94. The summed E-state index contributed by atoms with van der Waals surface area (Å²) < 4.78 is 0. The van der Waals surface area contributed by atoms with Crippen molar-refractivity contribution in [3.8, 4) is 0 Å². The number of halogens is 1. The Labute approximate surface area is 115 Å². The smallest absolute Gasteiger partial charge is 0.251 e.